The van der Waals surface area contributed by atoms with E-state index in [1.54, 1.807) is 6.92 Å². The van der Waals surface area contributed by atoms with Gasteiger partial charge in [0.25, 0.3) is 0 Å². The molecule has 0 fully saturated rings. The molecule has 0 aliphatic carbocycles. The molecular formula is C16H21F3O7. The number of ether oxygens (including phenoxy) is 4. The molecule has 3 atom stereocenters. The Morgan fingerprint density at radius 3 is 2.31 bits per heavy atom. The van der Waals surface area contributed by atoms with Crippen LogP contribution in [0, 0.1) is 0 Å². The molecule has 0 aromatic heterocycles. The first kappa shape index (κ1) is 22.2. The number of carbonyl (C=O) groups excluding carboxylic acids is 1. The highest BCUT2D eigenvalue weighted by Gasteiger charge is 2.32. The number of alkyl halides is 3. The lowest BCUT2D eigenvalue weighted by molar-refractivity contribution is -0.274. The summed E-state index contributed by atoms with van der Waals surface area (Å²) in [5.41, 5.74) is 0.395. The number of hydrogen-bond donors (Lipinski definition) is 2. The highest BCUT2D eigenvalue weighted by molar-refractivity contribution is 5.75. The predicted octanol–water partition coefficient (Wildman–Crippen LogP) is 1.92. The standard InChI is InChI=1S/C16H21F3O7/c1-3-24-15(22)14(21)12(20)8-13(25-9-23-2)10-4-6-11(7-5-10)26-16(17,18)19/h4-7,12-14,20-21H,3,8-9H2,1-2H3/t12-,13?,14+/m0/s1. The highest BCUT2D eigenvalue weighted by Crippen LogP contribution is 2.28. The van der Waals surface area contributed by atoms with Crippen LogP contribution in [0.5, 0.6) is 5.75 Å². The van der Waals surface area contributed by atoms with Gasteiger partial charge < -0.3 is 29.2 Å². The molecule has 1 unspecified atom stereocenters. The minimum absolute atomic E-state index is 0.0346. The molecule has 1 rings (SSSR count). The Bertz CT molecular complexity index is 548. The van der Waals surface area contributed by atoms with Gasteiger partial charge in [0.1, 0.15) is 12.5 Å². The van der Waals surface area contributed by atoms with E-state index < -0.39 is 36.4 Å². The first-order chi connectivity index (χ1) is 12.2. The largest absolute Gasteiger partial charge is 0.573 e. The topological polar surface area (TPSA) is 94.5 Å². The fraction of sp³-hybridized carbons (Fsp3) is 0.562. The van der Waals surface area contributed by atoms with Crippen molar-refractivity contribution in [3.05, 3.63) is 29.8 Å². The summed E-state index contributed by atoms with van der Waals surface area (Å²) < 4.78 is 55.1. The monoisotopic (exact) mass is 382 g/mol. The zero-order chi connectivity index (χ0) is 19.7. The number of halogens is 3. The van der Waals surface area contributed by atoms with Crippen molar-refractivity contribution in [1.82, 2.24) is 0 Å². The molecule has 2 N–H and O–H groups in total. The molecule has 0 spiro atoms. The van der Waals surface area contributed by atoms with Gasteiger partial charge in [-0.1, -0.05) is 12.1 Å². The summed E-state index contributed by atoms with van der Waals surface area (Å²) in [6.45, 7) is 1.41. The molecule has 0 radical (unpaired) electrons. The molecule has 26 heavy (non-hydrogen) atoms. The van der Waals surface area contributed by atoms with Gasteiger partial charge in [-0.05, 0) is 24.6 Å². The molecule has 0 amide bonds. The molecule has 0 heterocycles. The van der Waals surface area contributed by atoms with E-state index in [-0.39, 0.29) is 19.8 Å². The van der Waals surface area contributed by atoms with Crippen molar-refractivity contribution in [2.75, 3.05) is 20.5 Å². The second kappa shape index (κ2) is 10.3. The number of benzene rings is 1. The maximum Gasteiger partial charge on any atom is 0.573 e. The normalized spacial score (nSPS) is 15.2. The van der Waals surface area contributed by atoms with Crippen LogP contribution in [0.3, 0.4) is 0 Å². The summed E-state index contributed by atoms with van der Waals surface area (Å²) in [5.74, 6) is -1.40. The minimum Gasteiger partial charge on any atom is -0.464 e. The van der Waals surface area contributed by atoms with Gasteiger partial charge in [0.05, 0.1) is 18.8 Å². The fourth-order valence-electron chi connectivity index (χ4n) is 2.07. The van der Waals surface area contributed by atoms with Crippen molar-refractivity contribution < 1.29 is 47.1 Å². The Kier molecular flexibility index (Phi) is 8.79. The summed E-state index contributed by atoms with van der Waals surface area (Å²) in [5, 5.41) is 19.8. The van der Waals surface area contributed by atoms with Gasteiger partial charge in [-0.15, -0.1) is 13.2 Å². The lowest BCUT2D eigenvalue weighted by atomic mass is 10.00. The van der Waals surface area contributed by atoms with E-state index in [9.17, 15) is 28.2 Å². The molecule has 0 saturated heterocycles. The molecule has 10 heteroatoms. The Labute approximate surface area is 148 Å². The SMILES string of the molecule is CCOC(=O)[C@H](O)[C@@H](O)CC(OCOC)c1ccc(OC(F)(F)F)cc1. The predicted molar refractivity (Wildman–Crippen MR) is 82.1 cm³/mol. The van der Waals surface area contributed by atoms with E-state index >= 15 is 0 Å². The summed E-state index contributed by atoms with van der Waals surface area (Å²) in [6, 6.07) is 4.79. The average Bonchev–Trinajstić information content (AvgIpc) is 2.57. The van der Waals surface area contributed by atoms with Crippen molar-refractivity contribution in [2.24, 2.45) is 0 Å². The van der Waals surface area contributed by atoms with Crippen molar-refractivity contribution in [2.45, 2.75) is 38.0 Å². The summed E-state index contributed by atoms with van der Waals surface area (Å²) in [4.78, 5) is 11.5. The van der Waals surface area contributed by atoms with Crippen molar-refractivity contribution in [3.8, 4) is 5.75 Å². The van der Waals surface area contributed by atoms with Crippen molar-refractivity contribution >= 4 is 5.97 Å². The first-order valence-corrected chi connectivity index (χ1v) is 7.67. The first-order valence-electron chi connectivity index (χ1n) is 7.67. The number of aliphatic hydroxyl groups excluding tert-OH is 2. The zero-order valence-electron chi connectivity index (χ0n) is 14.2. The molecule has 0 aliphatic rings. The van der Waals surface area contributed by atoms with Gasteiger partial charge in [0, 0.05) is 13.5 Å². The van der Waals surface area contributed by atoms with Crippen LogP contribution in [0.25, 0.3) is 0 Å². The zero-order valence-corrected chi connectivity index (χ0v) is 14.2. The van der Waals surface area contributed by atoms with Crippen LogP contribution < -0.4 is 4.74 Å². The van der Waals surface area contributed by atoms with Gasteiger partial charge >= 0.3 is 12.3 Å². The van der Waals surface area contributed by atoms with E-state index in [1.807, 2.05) is 0 Å². The lowest BCUT2D eigenvalue weighted by Gasteiger charge is -2.23. The second-order valence-electron chi connectivity index (χ2n) is 5.18. The van der Waals surface area contributed by atoms with Crippen LogP contribution >= 0.6 is 0 Å². The third kappa shape index (κ3) is 7.56. The maximum absolute atomic E-state index is 12.2. The van der Waals surface area contributed by atoms with E-state index in [2.05, 4.69) is 9.47 Å². The molecule has 148 valence electrons. The average molecular weight is 382 g/mol. The van der Waals surface area contributed by atoms with Crippen molar-refractivity contribution in [3.63, 3.8) is 0 Å². The van der Waals surface area contributed by atoms with Gasteiger partial charge in [-0.25, -0.2) is 4.79 Å². The second-order valence-corrected chi connectivity index (χ2v) is 5.18. The van der Waals surface area contributed by atoms with E-state index in [4.69, 9.17) is 9.47 Å². The van der Waals surface area contributed by atoms with Crippen LogP contribution in [0.4, 0.5) is 13.2 Å². The number of rotatable bonds is 10. The van der Waals surface area contributed by atoms with Gasteiger partial charge in [0.2, 0.25) is 0 Å². The molecule has 0 aliphatic heterocycles. The van der Waals surface area contributed by atoms with Gasteiger partial charge in [0.15, 0.2) is 6.10 Å². The van der Waals surface area contributed by atoms with Gasteiger partial charge in [-0.3, -0.25) is 0 Å². The van der Waals surface area contributed by atoms with Crippen LogP contribution in [-0.2, 0) is 19.0 Å². The van der Waals surface area contributed by atoms with Crippen LogP contribution in [-0.4, -0.2) is 55.3 Å². The maximum atomic E-state index is 12.2. The summed E-state index contributed by atoms with van der Waals surface area (Å²) in [6.07, 6.45) is -9.18. The third-order valence-corrected chi connectivity index (χ3v) is 3.22. The highest BCUT2D eigenvalue weighted by atomic mass is 19.4. The van der Waals surface area contributed by atoms with E-state index in [0.29, 0.717) is 5.56 Å². The molecule has 0 saturated carbocycles. The Hall–Kier alpha value is -1.88. The van der Waals surface area contributed by atoms with Crippen molar-refractivity contribution in [1.29, 1.82) is 0 Å². The number of hydrogen-bond acceptors (Lipinski definition) is 7. The third-order valence-electron chi connectivity index (χ3n) is 3.22. The number of aliphatic hydroxyl groups is 2. The van der Waals surface area contributed by atoms with Gasteiger partial charge in [-0.2, -0.15) is 0 Å². The van der Waals surface area contributed by atoms with E-state index in [1.165, 1.54) is 19.2 Å². The Balaban J connectivity index is 2.84. The summed E-state index contributed by atoms with van der Waals surface area (Å²) in [7, 11) is 1.36. The molecule has 7 nitrogen and oxygen atoms in total. The van der Waals surface area contributed by atoms with E-state index in [0.717, 1.165) is 12.1 Å². The molecular weight excluding hydrogens is 361 g/mol. The fourth-order valence-corrected chi connectivity index (χ4v) is 2.07. The molecule has 1 aromatic carbocycles. The number of methoxy groups -OCH3 is 1. The smallest absolute Gasteiger partial charge is 0.464 e. The minimum atomic E-state index is -4.81. The van der Waals surface area contributed by atoms with Crippen LogP contribution in [0.1, 0.15) is 25.0 Å². The Morgan fingerprint density at radius 2 is 1.81 bits per heavy atom. The quantitative estimate of drug-likeness (QED) is 0.472. The van der Waals surface area contributed by atoms with Crippen LogP contribution in [0.15, 0.2) is 24.3 Å². The number of esters is 1. The number of carbonyl (C=O) groups is 1. The lowest BCUT2D eigenvalue weighted by Crippen LogP contribution is -2.36. The molecule has 1 aromatic rings. The Morgan fingerprint density at radius 1 is 1.19 bits per heavy atom. The summed E-state index contributed by atoms with van der Waals surface area (Å²) >= 11 is 0. The molecule has 0 bridgehead atoms. The van der Waals surface area contributed by atoms with Crippen LogP contribution in [0.2, 0.25) is 0 Å².